The minimum Gasteiger partial charge on any atom is -0.497 e. The summed E-state index contributed by atoms with van der Waals surface area (Å²) in [5, 5.41) is 5.10. The average molecular weight is 463 g/mol. The van der Waals surface area contributed by atoms with E-state index in [-0.39, 0.29) is 11.8 Å². The van der Waals surface area contributed by atoms with Gasteiger partial charge in [-0.15, -0.1) is 11.3 Å². The van der Waals surface area contributed by atoms with Gasteiger partial charge in [-0.3, -0.25) is 14.5 Å². The number of nitrogens with one attached hydrogen (secondary N) is 1. The van der Waals surface area contributed by atoms with Gasteiger partial charge in [0.1, 0.15) is 17.2 Å². The topological polar surface area (TPSA) is 67.9 Å². The monoisotopic (exact) mass is 462 g/mol. The zero-order valence-electron chi connectivity index (χ0n) is 18.7. The number of amides is 2. The van der Waals surface area contributed by atoms with Crippen LogP contribution in [0.4, 0.5) is 5.69 Å². The Balaban J connectivity index is 1.56. The van der Waals surface area contributed by atoms with E-state index in [4.69, 9.17) is 9.47 Å². The van der Waals surface area contributed by atoms with Crippen LogP contribution in [0.15, 0.2) is 71.7 Å². The largest absolute Gasteiger partial charge is 0.497 e. The number of carbonyl (C=O) groups is 2. The van der Waals surface area contributed by atoms with Crippen molar-refractivity contribution < 1.29 is 19.1 Å². The first kappa shape index (κ1) is 22.6. The van der Waals surface area contributed by atoms with Crippen molar-refractivity contribution in [1.82, 2.24) is 4.90 Å². The fourth-order valence-corrected chi connectivity index (χ4v) is 4.37. The molecule has 2 amide bonds. The number of carbonyl (C=O) groups excluding carboxylic acids is 2. The van der Waals surface area contributed by atoms with Gasteiger partial charge in [-0.2, -0.15) is 0 Å². The maximum absolute atomic E-state index is 13.3. The lowest BCUT2D eigenvalue weighted by atomic mass is 10.1. The SMILES string of the molecule is CCCOc1cccc(NC2=C(c3cccs3)C(=O)N(CCc3ccc(OC)cc3)C2=O)c1. The van der Waals surface area contributed by atoms with Gasteiger partial charge in [-0.05, 0) is 54.1 Å². The summed E-state index contributed by atoms with van der Waals surface area (Å²) < 4.78 is 10.9. The van der Waals surface area contributed by atoms with E-state index in [0.29, 0.717) is 42.3 Å². The van der Waals surface area contributed by atoms with Crippen molar-refractivity contribution in [2.24, 2.45) is 0 Å². The lowest BCUT2D eigenvalue weighted by Crippen LogP contribution is -2.34. The van der Waals surface area contributed by atoms with Crippen LogP contribution in [0.3, 0.4) is 0 Å². The number of anilines is 1. The number of thiophene rings is 1. The number of ether oxygens (including phenoxy) is 2. The van der Waals surface area contributed by atoms with Crippen LogP contribution in [-0.2, 0) is 16.0 Å². The van der Waals surface area contributed by atoms with Crippen molar-refractivity contribution in [3.8, 4) is 11.5 Å². The lowest BCUT2D eigenvalue weighted by Gasteiger charge is -2.15. The predicted octanol–water partition coefficient (Wildman–Crippen LogP) is 4.98. The summed E-state index contributed by atoms with van der Waals surface area (Å²) in [6, 6.07) is 18.8. The van der Waals surface area contributed by atoms with Crippen LogP contribution in [0.5, 0.6) is 11.5 Å². The van der Waals surface area contributed by atoms with Crippen molar-refractivity contribution in [3.05, 3.63) is 82.2 Å². The molecule has 7 heteroatoms. The van der Waals surface area contributed by atoms with E-state index in [0.717, 1.165) is 22.6 Å². The van der Waals surface area contributed by atoms with E-state index in [1.165, 1.54) is 16.2 Å². The minimum absolute atomic E-state index is 0.281. The average Bonchev–Trinajstić information content (AvgIpc) is 3.44. The molecule has 170 valence electrons. The molecule has 0 saturated heterocycles. The molecule has 0 aliphatic carbocycles. The number of benzene rings is 2. The Bertz CT molecular complexity index is 1150. The smallest absolute Gasteiger partial charge is 0.278 e. The van der Waals surface area contributed by atoms with Gasteiger partial charge in [0.2, 0.25) is 0 Å². The highest BCUT2D eigenvalue weighted by Gasteiger charge is 2.39. The Hall–Kier alpha value is -3.58. The van der Waals surface area contributed by atoms with Gasteiger partial charge in [0.15, 0.2) is 0 Å². The summed E-state index contributed by atoms with van der Waals surface area (Å²) in [6.07, 6.45) is 1.47. The molecule has 1 aliphatic heterocycles. The molecule has 0 radical (unpaired) electrons. The molecule has 6 nitrogen and oxygen atoms in total. The Morgan fingerprint density at radius 1 is 0.970 bits per heavy atom. The first-order chi connectivity index (χ1) is 16.1. The highest BCUT2D eigenvalue weighted by molar-refractivity contribution is 7.11. The molecule has 0 spiro atoms. The molecule has 1 N–H and O–H groups in total. The third-order valence-electron chi connectivity index (χ3n) is 5.29. The molecule has 0 atom stereocenters. The maximum Gasteiger partial charge on any atom is 0.278 e. The van der Waals surface area contributed by atoms with Gasteiger partial charge >= 0.3 is 0 Å². The fourth-order valence-electron chi connectivity index (χ4n) is 3.61. The third-order valence-corrected chi connectivity index (χ3v) is 6.18. The van der Waals surface area contributed by atoms with Gasteiger partial charge in [-0.25, -0.2) is 0 Å². The zero-order valence-corrected chi connectivity index (χ0v) is 19.5. The van der Waals surface area contributed by atoms with Crippen molar-refractivity contribution in [2.75, 3.05) is 25.6 Å². The molecular weight excluding hydrogens is 436 g/mol. The number of rotatable bonds is 10. The Labute approximate surface area is 197 Å². The molecule has 3 aromatic rings. The summed E-state index contributed by atoms with van der Waals surface area (Å²) in [6.45, 7) is 2.95. The van der Waals surface area contributed by atoms with Crippen LogP contribution in [-0.4, -0.2) is 37.0 Å². The van der Waals surface area contributed by atoms with Crippen molar-refractivity contribution in [1.29, 1.82) is 0 Å². The van der Waals surface area contributed by atoms with Crippen molar-refractivity contribution in [3.63, 3.8) is 0 Å². The molecule has 2 heterocycles. The first-order valence-corrected chi connectivity index (χ1v) is 11.8. The Kier molecular flexibility index (Phi) is 7.10. The summed E-state index contributed by atoms with van der Waals surface area (Å²) >= 11 is 1.44. The second-order valence-electron chi connectivity index (χ2n) is 7.59. The molecule has 0 fully saturated rings. The van der Waals surface area contributed by atoms with E-state index in [9.17, 15) is 9.59 Å². The number of hydrogen-bond acceptors (Lipinski definition) is 6. The van der Waals surface area contributed by atoms with E-state index in [1.54, 1.807) is 7.11 Å². The van der Waals surface area contributed by atoms with Crippen LogP contribution in [0.2, 0.25) is 0 Å². The molecule has 0 unspecified atom stereocenters. The molecule has 2 aromatic carbocycles. The van der Waals surface area contributed by atoms with Crippen LogP contribution in [0.1, 0.15) is 23.8 Å². The first-order valence-electron chi connectivity index (χ1n) is 10.9. The van der Waals surface area contributed by atoms with E-state index in [1.807, 2.05) is 73.0 Å². The van der Waals surface area contributed by atoms with Gasteiger partial charge < -0.3 is 14.8 Å². The second-order valence-corrected chi connectivity index (χ2v) is 8.54. The normalized spacial score (nSPS) is 13.6. The van der Waals surface area contributed by atoms with E-state index in [2.05, 4.69) is 5.32 Å². The highest BCUT2D eigenvalue weighted by Crippen LogP contribution is 2.33. The van der Waals surface area contributed by atoms with Crippen LogP contribution >= 0.6 is 11.3 Å². The van der Waals surface area contributed by atoms with Gasteiger partial charge in [0, 0.05) is 23.2 Å². The van der Waals surface area contributed by atoms with Crippen molar-refractivity contribution in [2.45, 2.75) is 19.8 Å². The molecule has 0 saturated carbocycles. The highest BCUT2D eigenvalue weighted by atomic mass is 32.1. The fraction of sp³-hybridized carbons (Fsp3) is 0.231. The molecule has 33 heavy (non-hydrogen) atoms. The quantitative estimate of drug-likeness (QED) is 0.431. The second kappa shape index (κ2) is 10.4. The Morgan fingerprint density at radius 2 is 1.79 bits per heavy atom. The number of nitrogens with zero attached hydrogens (tertiary/aromatic N) is 1. The zero-order chi connectivity index (χ0) is 23.2. The van der Waals surface area contributed by atoms with Crippen molar-refractivity contribution >= 4 is 34.4 Å². The molecule has 0 bridgehead atoms. The summed E-state index contributed by atoms with van der Waals surface area (Å²) in [5.41, 5.74) is 2.43. The lowest BCUT2D eigenvalue weighted by molar-refractivity contribution is -0.136. The number of imide groups is 1. The van der Waals surface area contributed by atoms with Crippen LogP contribution < -0.4 is 14.8 Å². The summed E-state index contributed by atoms with van der Waals surface area (Å²) in [5.74, 6) is 0.882. The molecule has 4 rings (SSSR count). The third kappa shape index (κ3) is 5.09. The minimum atomic E-state index is -0.322. The van der Waals surface area contributed by atoms with Gasteiger partial charge in [0.05, 0.1) is 19.3 Å². The summed E-state index contributed by atoms with van der Waals surface area (Å²) in [7, 11) is 1.62. The molecule has 1 aromatic heterocycles. The maximum atomic E-state index is 13.3. The van der Waals surface area contributed by atoms with E-state index < -0.39 is 0 Å². The molecule has 1 aliphatic rings. The predicted molar refractivity (Wildman–Crippen MR) is 131 cm³/mol. The van der Waals surface area contributed by atoms with Gasteiger partial charge in [0.25, 0.3) is 11.8 Å². The number of methoxy groups -OCH3 is 1. The standard InChI is InChI=1S/C26H26N2O4S/c1-3-15-32-21-7-4-6-19(17-21)27-24-23(22-8-5-16-33-22)25(29)28(26(24)30)14-13-18-9-11-20(31-2)12-10-18/h4-12,16-17,27H,3,13-15H2,1-2H3. The van der Waals surface area contributed by atoms with Crippen LogP contribution in [0, 0.1) is 0 Å². The van der Waals surface area contributed by atoms with Gasteiger partial charge in [-0.1, -0.05) is 31.2 Å². The molecular formula is C26H26N2O4S. The number of hydrogen-bond donors (Lipinski definition) is 1. The van der Waals surface area contributed by atoms with E-state index >= 15 is 0 Å². The summed E-state index contributed by atoms with van der Waals surface area (Å²) in [4.78, 5) is 28.7. The Morgan fingerprint density at radius 3 is 2.48 bits per heavy atom. The van der Waals surface area contributed by atoms with Crippen LogP contribution in [0.25, 0.3) is 5.57 Å².